The fraction of sp³-hybridized carbons (Fsp3) is 0.0741. The topological polar surface area (TPSA) is 185 Å². The summed E-state index contributed by atoms with van der Waals surface area (Å²) in [6.07, 6.45) is -9.30. The summed E-state index contributed by atoms with van der Waals surface area (Å²) in [5, 5.41) is 40.8. The summed E-state index contributed by atoms with van der Waals surface area (Å²) in [4.78, 5) is 40.7. The Hall–Kier alpha value is -5.98. The first-order valence-corrected chi connectivity index (χ1v) is 12.5. The van der Waals surface area contributed by atoms with Gasteiger partial charge in [0.05, 0.1) is 30.9 Å². The largest absolute Gasteiger partial charge is 0.477 e. The molecule has 0 heterocycles. The lowest BCUT2D eigenvalue weighted by atomic mass is 10.1. The van der Waals surface area contributed by atoms with E-state index in [2.05, 4.69) is 0 Å². The van der Waals surface area contributed by atoms with Crippen molar-refractivity contribution in [2.75, 3.05) is 0 Å². The third-order valence-electron chi connectivity index (χ3n) is 5.64. The van der Waals surface area contributed by atoms with Gasteiger partial charge in [-0.3, -0.25) is 30.3 Å². The Balaban J connectivity index is 0.000000256. The Morgan fingerprint density at radius 3 is 1.60 bits per heavy atom. The molecule has 0 saturated carbocycles. The van der Waals surface area contributed by atoms with Crippen molar-refractivity contribution in [3.63, 3.8) is 0 Å². The molecule has 4 aromatic rings. The van der Waals surface area contributed by atoms with E-state index in [0.717, 1.165) is 48.5 Å². The number of ether oxygens (including phenoxy) is 2. The fourth-order valence-electron chi connectivity index (χ4n) is 3.48. The lowest BCUT2D eigenvalue weighted by Crippen LogP contribution is -2.06. The quantitative estimate of drug-likeness (QED) is 0.106. The van der Waals surface area contributed by atoms with E-state index in [-0.39, 0.29) is 28.0 Å². The van der Waals surface area contributed by atoms with Crippen LogP contribution in [0.2, 0.25) is 5.02 Å². The van der Waals surface area contributed by atoms with E-state index < -0.39 is 66.9 Å². The molecule has 0 radical (unpaired) electrons. The maximum atomic E-state index is 12.6. The van der Waals surface area contributed by atoms with Crippen LogP contribution >= 0.6 is 11.6 Å². The first kappa shape index (κ1) is 35.5. The smallest absolute Gasteiger partial charge is 0.416 e. The van der Waals surface area contributed by atoms with Gasteiger partial charge in [-0.15, -0.1) is 0 Å². The predicted octanol–water partition coefficient (Wildman–Crippen LogP) is 9.07. The molecular formula is C27H14ClF6N3O10. The number of carboxylic acids is 1. The zero-order valence-corrected chi connectivity index (χ0v) is 23.4. The van der Waals surface area contributed by atoms with Crippen molar-refractivity contribution in [3.8, 4) is 23.0 Å². The van der Waals surface area contributed by atoms with Crippen molar-refractivity contribution >= 4 is 34.6 Å². The Bertz CT molecular complexity index is 1850. The van der Waals surface area contributed by atoms with Gasteiger partial charge in [0.2, 0.25) is 5.75 Å². The van der Waals surface area contributed by atoms with Crippen molar-refractivity contribution in [1.82, 2.24) is 0 Å². The molecule has 4 aromatic carbocycles. The molecule has 246 valence electrons. The zero-order chi connectivity index (χ0) is 35.3. The Kier molecular flexibility index (Phi) is 10.6. The van der Waals surface area contributed by atoms with Gasteiger partial charge in [-0.2, -0.15) is 26.3 Å². The molecule has 47 heavy (non-hydrogen) atoms. The highest BCUT2D eigenvalue weighted by Gasteiger charge is 2.34. The average Bonchev–Trinajstić information content (AvgIpc) is 2.97. The molecule has 0 bridgehead atoms. The Labute approximate surface area is 261 Å². The van der Waals surface area contributed by atoms with Gasteiger partial charge >= 0.3 is 24.0 Å². The number of nitro benzene ring substituents is 3. The number of nitro groups is 3. The molecule has 1 N–H and O–H groups in total. The number of benzene rings is 4. The van der Waals surface area contributed by atoms with E-state index in [1.807, 2.05) is 0 Å². The van der Waals surface area contributed by atoms with Crippen LogP contribution in [-0.2, 0) is 12.4 Å². The second kappa shape index (κ2) is 14.0. The molecular weight excluding hydrogens is 676 g/mol. The number of carboxylic acid groups (broad SMARTS) is 1. The van der Waals surface area contributed by atoms with Crippen LogP contribution < -0.4 is 9.47 Å². The average molecular weight is 690 g/mol. The van der Waals surface area contributed by atoms with Crippen LogP contribution in [0.4, 0.5) is 43.4 Å². The highest BCUT2D eigenvalue weighted by Crippen LogP contribution is 2.39. The van der Waals surface area contributed by atoms with Crippen LogP contribution in [0.5, 0.6) is 23.0 Å². The lowest BCUT2D eigenvalue weighted by molar-refractivity contribution is -0.385. The van der Waals surface area contributed by atoms with E-state index in [4.69, 9.17) is 26.2 Å². The third-order valence-corrected chi connectivity index (χ3v) is 5.94. The number of hydrogen-bond acceptors (Lipinski definition) is 9. The number of aromatic carboxylic acids is 1. The van der Waals surface area contributed by atoms with Crippen LogP contribution in [0.15, 0.2) is 78.9 Å². The molecule has 0 atom stereocenters. The van der Waals surface area contributed by atoms with Gasteiger partial charge in [-0.1, -0.05) is 11.6 Å². The van der Waals surface area contributed by atoms with Crippen LogP contribution in [0.25, 0.3) is 0 Å². The number of rotatable bonds is 8. The first-order chi connectivity index (χ1) is 21.8. The normalized spacial score (nSPS) is 11.1. The number of nitrogens with zero attached hydrogens (tertiary/aromatic N) is 3. The molecule has 0 aliphatic rings. The molecule has 0 spiro atoms. The number of carbonyl (C=O) groups is 1. The Morgan fingerprint density at radius 1 is 0.638 bits per heavy atom. The lowest BCUT2D eigenvalue weighted by Gasteiger charge is -2.11. The van der Waals surface area contributed by atoms with Crippen molar-refractivity contribution in [2.24, 2.45) is 0 Å². The van der Waals surface area contributed by atoms with E-state index >= 15 is 0 Å². The molecule has 0 amide bonds. The molecule has 20 heteroatoms. The monoisotopic (exact) mass is 689 g/mol. The van der Waals surface area contributed by atoms with Crippen LogP contribution in [0.3, 0.4) is 0 Å². The van der Waals surface area contributed by atoms with Crippen molar-refractivity contribution < 1.29 is 60.5 Å². The van der Waals surface area contributed by atoms with E-state index in [9.17, 15) is 61.5 Å². The Morgan fingerprint density at radius 2 is 1.13 bits per heavy atom. The number of alkyl halides is 6. The van der Waals surface area contributed by atoms with Crippen LogP contribution in [-0.4, -0.2) is 25.8 Å². The molecule has 0 aliphatic heterocycles. The van der Waals surface area contributed by atoms with Gasteiger partial charge < -0.3 is 14.6 Å². The van der Waals surface area contributed by atoms with Crippen LogP contribution in [0, 0.1) is 30.3 Å². The van der Waals surface area contributed by atoms with Gasteiger partial charge in [0.1, 0.15) is 22.8 Å². The van der Waals surface area contributed by atoms with E-state index in [1.165, 1.54) is 12.1 Å². The highest BCUT2D eigenvalue weighted by molar-refractivity contribution is 6.32. The van der Waals surface area contributed by atoms with E-state index in [1.54, 1.807) is 0 Å². The molecule has 0 fully saturated rings. The van der Waals surface area contributed by atoms with Crippen molar-refractivity contribution in [1.29, 1.82) is 0 Å². The standard InChI is InChI=1S/C14H7ClF3NO5.C13H7F3N2O5/c15-10-5-7(14(16,17)18)1-4-12(10)24-8-2-3-11(19(22)23)9(6-8)13(20)21;14-13(15,16)8-1-6-12(11(7-8)18(21)22)23-10-4-2-9(3-5-10)17(19)20/h1-6H,(H,20,21);1-7H. The van der Waals surface area contributed by atoms with Crippen LogP contribution in [0.1, 0.15) is 21.5 Å². The molecule has 0 unspecified atom stereocenters. The number of hydrogen-bond donors (Lipinski definition) is 1. The summed E-state index contributed by atoms with van der Waals surface area (Å²) < 4.78 is 85.8. The second-order valence-corrected chi connectivity index (χ2v) is 9.18. The summed E-state index contributed by atoms with van der Waals surface area (Å²) >= 11 is 5.72. The van der Waals surface area contributed by atoms with Gasteiger partial charge in [0, 0.05) is 30.3 Å². The fourth-order valence-corrected chi connectivity index (χ4v) is 3.70. The van der Waals surface area contributed by atoms with Gasteiger partial charge in [0.25, 0.3) is 11.4 Å². The summed E-state index contributed by atoms with van der Waals surface area (Å²) in [6.45, 7) is 0. The molecule has 4 rings (SSSR count). The second-order valence-electron chi connectivity index (χ2n) is 8.78. The summed E-state index contributed by atoms with van der Waals surface area (Å²) in [5.41, 5.74) is -4.51. The van der Waals surface area contributed by atoms with Crippen molar-refractivity contribution in [2.45, 2.75) is 12.4 Å². The minimum Gasteiger partial charge on any atom is -0.477 e. The summed E-state index contributed by atoms with van der Waals surface area (Å²) in [7, 11) is 0. The SMILES string of the molecule is O=C(O)c1cc(Oc2ccc(C(F)(F)F)cc2Cl)ccc1[N+](=O)[O-].O=[N+]([O-])c1ccc(Oc2ccc(C(F)(F)F)cc2[N+](=O)[O-])cc1. The zero-order valence-electron chi connectivity index (χ0n) is 22.6. The summed E-state index contributed by atoms with van der Waals surface area (Å²) in [5.74, 6) is -2.23. The molecule has 0 aliphatic carbocycles. The third kappa shape index (κ3) is 9.26. The molecule has 13 nitrogen and oxygen atoms in total. The van der Waals surface area contributed by atoms with Crippen molar-refractivity contribution in [3.05, 3.63) is 131 Å². The predicted molar refractivity (Wildman–Crippen MR) is 148 cm³/mol. The highest BCUT2D eigenvalue weighted by atomic mass is 35.5. The minimum absolute atomic E-state index is 0.0125. The van der Waals surface area contributed by atoms with E-state index in [0.29, 0.717) is 18.2 Å². The van der Waals surface area contributed by atoms with Gasteiger partial charge in [-0.25, -0.2) is 4.79 Å². The van der Waals surface area contributed by atoms with Gasteiger partial charge in [0.15, 0.2) is 0 Å². The number of halogens is 7. The number of non-ortho nitro benzene ring substituents is 1. The first-order valence-electron chi connectivity index (χ1n) is 12.1. The molecule has 0 aromatic heterocycles. The minimum atomic E-state index is -4.73. The van der Waals surface area contributed by atoms with Gasteiger partial charge in [-0.05, 0) is 48.5 Å². The maximum Gasteiger partial charge on any atom is 0.416 e. The summed E-state index contributed by atoms with van der Waals surface area (Å²) in [6, 6.07) is 11.7. The maximum absolute atomic E-state index is 12.6. The molecule has 0 saturated heterocycles.